The van der Waals surface area contributed by atoms with Gasteiger partial charge in [0.1, 0.15) is 5.65 Å². The van der Waals surface area contributed by atoms with E-state index in [1.165, 1.54) is 18.4 Å². The first kappa shape index (κ1) is 10.9. The average Bonchev–Trinajstić information content (AvgIpc) is 2.81. The van der Waals surface area contributed by atoms with Gasteiger partial charge in [-0.15, -0.1) is 0 Å². The van der Waals surface area contributed by atoms with Gasteiger partial charge in [-0.25, -0.2) is 4.98 Å². The molecule has 1 saturated carbocycles. The van der Waals surface area contributed by atoms with Crippen LogP contribution in [0.4, 0.5) is 0 Å². The maximum Gasteiger partial charge on any atom is 0.137 e. The number of hydrogen-bond acceptors (Lipinski definition) is 1. The molecule has 3 aliphatic carbocycles. The Morgan fingerprint density at radius 2 is 2.15 bits per heavy atom. The van der Waals surface area contributed by atoms with E-state index in [0.29, 0.717) is 5.41 Å². The summed E-state index contributed by atoms with van der Waals surface area (Å²) in [4.78, 5) is 4.76. The molecule has 2 heterocycles. The van der Waals surface area contributed by atoms with Crippen molar-refractivity contribution in [3.8, 4) is 0 Å². The molecule has 2 bridgehead atoms. The molecule has 3 aliphatic rings. The minimum Gasteiger partial charge on any atom is -0.300 e. The summed E-state index contributed by atoms with van der Waals surface area (Å²) in [7, 11) is 0. The van der Waals surface area contributed by atoms with Crippen LogP contribution in [-0.2, 0) is 6.42 Å². The van der Waals surface area contributed by atoms with Crippen LogP contribution in [0, 0.1) is 11.3 Å². The summed E-state index contributed by atoms with van der Waals surface area (Å²) in [5.41, 5.74) is 7.07. The molecule has 2 nitrogen and oxygen atoms in total. The maximum atomic E-state index is 4.76. The van der Waals surface area contributed by atoms with Gasteiger partial charge in [0.2, 0.25) is 0 Å². The number of fused-ring (bicyclic) bond motifs is 3. The summed E-state index contributed by atoms with van der Waals surface area (Å²) >= 11 is 0. The number of benzene rings is 1. The molecule has 1 fully saturated rings. The fourth-order valence-electron chi connectivity index (χ4n) is 4.43. The predicted octanol–water partition coefficient (Wildman–Crippen LogP) is 4.17. The minimum absolute atomic E-state index is 0.487. The molecule has 3 aromatic rings. The third kappa shape index (κ3) is 1.14. The molecule has 20 heavy (non-hydrogen) atoms. The van der Waals surface area contributed by atoms with E-state index >= 15 is 0 Å². The zero-order valence-electron chi connectivity index (χ0n) is 11.9. The quantitative estimate of drug-likeness (QED) is 0.594. The summed E-state index contributed by atoms with van der Waals surface area (Å²) in [5, 5.41) is 0. The van der Waals surface area contributed by atoms with Crippen LogP contribution >= 0.6 is 0 Å². The minimum atomic E-state index is 0.487. The molecule has 2 heteroatoms. The smallest absolute Gasteiger partial charge is 0.137 e. The highest BCUT2D eigenvalue weighted by atomic mass is 15.0. The summed E-state index contributed by atoms with van der Waals surface area (Å²) in [5.74, 6) is 1.62. The monoisotopic (exact) mass is 262 g/mol. The van der Waals surface area contributed by atoms with Crippen LogP contribution in [-0.4, -0.2) is 9.38 Å². The first-order valence-corrected chi connectivity index (χ1v) is 7.54. The SMILES string of the molecule is CC1(C)[C@H]2Cc3cc4nc5ccccn5c4cc3[C@@H]1C2. The second kappa shape index (κ2) is 3.25. The van der Waals surface area contributed by atoms with E-state index in [9.17, 15) is 0 Å². The molecule has 2 aromatic heterocycles. The lowest BCUT2D eigenvalue weighted by molar-refractivity contribution is 0.0187. The van der Waals surface area contributed by atoms with E-state index < -0.39 is 0 Å². The predicted molar refractivity (Wildman–Crippen MR) is 81.0 cm³/mol. The molecule has 0 amide bonds. The molecule has 0 unspecified atom stereocenters. The number of hydrogen-bond donors (Lipinski definition) is 0. The van der Waals surface area contributed by atoms with Crippen molar-refractivity contribution in [2.24, 2.45) is 11.3 Å². The van der Waals surface area contributed by atoms with Crippen LogP contribution < -0.4 is 0 Å². The van der Waals surface area contributed by atoms with Gasteiger partial charge in [-0.3, -0.25) is 4.40 Å². The number of imidazole rings is 1. The fraction of sp³-hybridized carbons (Fsp3) is 0.389. The zero-order valence-corrected chi connectivity index (χ0v) is 11.9. The van der Waals surface area contributed by atoms with E-state index in [0.717, 1.165) is 23.0 Å². The second-order valence-electron chi connectivity index (χ2n) is 7.09. The third-order valence-corrected chi connectivity index (χ3v) is 5.88. The Morgan fingerprint density at radius 1 is 1.25 bits per heavy atom. The lowest BCUT2D eigenvalue weighted by Crippen LogP contribution is -2.48. The number of pyridine rings is 1. The van der Waals surface area contributed by atoms with Crippen molar-refractivity contribution < 1.29 is 0 Å². The number of rotatable bonds is 0. The highest BCUT2D eigenvalue weighted by molar-refractivity contribution is 5.82. The van der Waals surface area contributed by atoms with Crippen LogP contribution in [0.2, 0.25) is 0 Å². The molecule has 0 saturated heterocycles. The molecule has 0 N–H and O–H groups in total. The first-order valence-electron chi connectivity index (χ1n) is 7.54. The van der Waals surface area contributed by atoms with Gasteiger partial charge in [-0.2, -0.15) is 0 Å². The first-order chi connectivity index (χ1) is 9.64. The van der Waals surface area contributed by atoms with Crippen molar-refractivity contribution in [2.75, 3.05) is 0 Å². The Balaban J connectivity index is 1.84. The Bertz CT molecular complexity index is 856. The summed E-state index contributed by atoms with van der Waals surface area (Å²) in [6, 6.07) is 11.0. The van der Waals surface area contributed by atoms with Crippen molar-refractivity contribution in [2.45, 2.75) is 32.6 Å². The van der Waals surface area contributed by atoms with E-state index in [-0.39, 0.29) is 0 Å². The van der Waals surface area contributed by atoms with E-state index in [2.05, 4.69) is 54.8 Å². The molecule has 6 rings (SSSR count). The van der Waals surface area contributed by atoms with Crippen LogP contribution in [0.15, 0.2) is 36.5 Å². The van der Waals surface area contributed by atoms with E-state index in [4.69, 9.17) is 4.98 Å². The Labute approximate surface area is 118 Å². The molecular weight excluding hydrogens is 244 g/mol. The third-order valence-electron chi connectivity index (χ3n) is 5.88. The van der Waals surface area contributed by atoms with Gasteiger partial charge in [0.25, 0.3) is 0 Å². The van der Waals surface area contributed by atoms with Gasteiger partial charge in [-0.1, -0.05) is 19.9 Å². The van der Waals surface area contributed by atoms with Crippen molar-refractivity contribution >= 4 is 16.7 Å². The van der Waals surface area contributed by atoms with Crippen molar-refractivity contribution in [1.29, 1.82) is 0 Å². The maximum absolute atomic E-state index is 4.76. The normalized spacial score (nSPS) is 26.5. The van der Waals surface area contributed by atoms with Gasteiger partial charge < -0.3 is 0 Å². The summed E-state index contributed by atoms with van der Waals surface area (Å²) < 4.78 is 2.22. The Morgan fingerprint density at radius 3 is 3.00 bits per heavy atom. The highest BCUT2D eigenvalue weighted by Gasteiger charge is 2.52. The molecule has 0 radical (unpaired) electrons. The largest absolute Gasteiger partial charge is 0.300 e. The molecule has 1 aromatic carbocycles. The van der Waals surface area contributed by atoms with Crippen molar-refractivity contribution in [1.82, 2.24) is 9.38 Å². The lowest BCUT2D eigenvalue weighted by atomic mass is 9.47. The molecular formula is C18H18N2. The Hall–Kier alpha value is -1.83. The molecule has 0 spiro atoms. The lowest BCUT2D eigenvalue weighted by Gasteiger charge is -2.57. The van der Waals surface area contributed by atoms with E-state index in [1.54, 1.807) is 11.1 Å². The van der Waals surface area contributed by atoms with Crippen LogP contribution in [0.25, 0.3) is 16.7 Å². The van der Waals surface area contributed by atoms with Gasteiger partial charge in [0.15, 0.2) is 0 Å². The standard InChI is InChI=1S/C18H18N2/c1-18(2)12-7-11-8-15-16(10-13(11)14(18)9-12)20-6-4-3-5-17(20)19-15/h3-6,8,10,12,14H,7,9H2,1-2H3/t12-,14-/m0/s1. The molecule has 2 atom stereocenters. The number of aromatic nitrogens is 2. The second-order valence-corrected chi connectivity index (χ2v) is 7.09. The summed E-state index contributed by atoms with van der Waals surface area (Å²) in [6.07, 6.45) is 4.74. The van der Waals surface area contributed by atoms with Crippen molar-refractivity contribution in [3.63, 3.8) is 0 Å². The fourth-order valence-corrected chi connectivity index (χ4v) is 4.43. The van der Waals surface area contributed by atoms with Crippen molar-refractivity contribution in [3.05, 3.63) is 47.7 Å². The van der Waals surface area contributed by atoms with E-state index in [1.807, 2.05) is 0 Å². The number of nitrogens with zero attached hydrogens (tertiary/aromatic N) is 2. The molecule has 100 valence electrons. The van der Waals surface area contributed by atoms with Crippen LogP contribution in [0.5, 0.6) is 0 Å². The Kier molecular flexibility index (Phi) is 1.77. The van der Waals surface area contributed by atoms with Gasteiger partial charge in [-0.05, 0) is 65.5 Å². The van der Waals surface area contributed by atoms with Gasteiger partial charge in [0, 0.05) is 6.20 Å². The molecule has 0 aliphatic heterocycles. The topological polar surface area (TPSA) is 17.3 Å². The van der Waals surface area contributed by atoms with Crippen LogP contribution in [0.1, 0.15) is 37.3 Å². The highest BCUT2D eigenvalue weighted by Crippen LogP contribution is 2.62. The summed E-state index contributed by atoms with van der Waals surface area (Å²) in [6.45, 7) is 4.88. The van der Waals surface area contributed by atoms with Crippen LogP contribution in [0.3, 0.4) is 0 Å². The zero-order chi connectivity index (χ0) is 13.5. The average molecular weight is 262 g/mol. The van der Waals surface area contributed by atoms with Gasteiger partial charge in [0.05, 0.1) is 11.0 Å². The van der Waals surface area contributed by atoms with Gasteiger partial charge >= 0.3 is 0 Å².